The Labute approximate surface area is 117 Å². The molecule has 2 N–H and O–H groups in total. The number of aromatic nitrogens is 1. The van der Waals surface area contributed by atoms with Gasteiger partial charge in [0.15, 0.2) is 5.13 Å². The highest BCUT2D eigenvalue weighted by molar-refractivity contribution is 7.92. The van der Waals surface area contributed by atoms with E-state index in [0.717, 1.165) is 30.4 Å². The molecular formula is C11H19N3O3S2. The minimum atomic E-state index is -3.37. The van der Waals surface area contributed by atoms with Gasteiger partial charge < -0.3 is 5.32 Å². The number of aryl methyl sites for hydroxylation is 1. The number of nitrogens with one attached hydrogen (secondary N) is 2. The molecule has 0 saturated carbocycles. The first-order valence-corrected chi connectivity index (χ1v) is 8.69. The Balaban J connectivity index is 2.81. The molecule has 0 saturated heterocycles. The van der Waals surface area contributed by atoms with E-state index in [9.17, 15) is 13.2 Å². The molecule has 1 atom stereocenters. The van der Waals surface area contributed by atoms with E-state index >= 15 is 0 Å². The molecule has 1 amide bonds. The molecule has 0 fully saturated rings. The van der Waals surface area contributed by atoms with Crippen molar-refractivity contribution in [1.82, 2.24) is 10.3 Å². The van der Waals surface area contributed by atoms with Crippen LogP contribution in [0.3, 0.4) is 0 Å². The fourth-order valence-electron chi connectivity index (χ4n) is 1.60. The molecule has 0 aliphatic carbocycles. The van der Waals surface area contributed by atoms with Crippen LogP contribution in [0.1, 0.15) is 42.1 Å². The second-order valence-electron chi connectivity index (χ2n) is 4.47. The van der Waals surface area contributed by atoms with Gasteiger partial charge in [-0.2, -0.15) is 0 Å². The van der Waals surface area contributed by atoms with Crippen molar-refractivity contribution in [3.8, 4) is 0 Å². The molecule has 1 aromatic heterocycles. The van der Waals surface area contributed by atoms with Crippen LogP contribution in [-0.4, -0.2) is 31.6 Å². The van der Waals surface area contributed by atoms with Crippen molar-refractivity contribution in [3.05, 3.63) is 10.6 Å². The number of carbonyl (C=O) groups excluding carboxylic acids is 1. The third kappa shape index (κ3) is 5.15. The van der Waals surface area contributed by atoms with Crippen LogP contribution < -0.4 is 10.0 Å². The van der Waals surface area contributed by atoms with E-state index in [4.69, 9.17) is 0 Å². The van der Waals surface area contributed by atoms with Crippen molar-refractivity contribution >= 4 is 32.4 Å². The van der Waals surface area contributed by atoms with Crippen LogP contribution in [0.4, 0.5) is 5.13 Å². The average molecular weight is 305 g/mol. The zero-order chi connectivity index (χ0) is 14.6. The number of carbonyl (C=O) groups is 1. The number of amides is 1. The van der Waals surface area contributed by atoms with Gasteiger partial charge in [0.2, 0.25) is 10.0 Å². The van der Waals surface area contributed by atoms with Gasteiger partial charge in [-0.05, 0) is 20.3 Å². The molecule has 0 radical (unpaired) electrons. The molecule has 0 aliphatic heterocycles. The first-order valence-electron chi connectivity index (χ1n) is 5.99. The van der Waals surface area contributed by atoms with Crippen molar-refractivity contribution in [3.63, 3.8) is 0 Å². The molecule has 8 heteroatoms. The molecular weight excluding hydrogens is 286 g/mol. The fraction of sp³-hybridized carbons (Fsp3) is 0.636. The number of hydrogen-bond donors (Lipinski definition) is 2. The average Bonchev–Trinajstić information content (AvgIpc) is 2.56. The lowest BCUT2D eigenvalue weighted by atomic mass is 10.2. The van der Waals surface area contributed by atoms with Crippen molar-refractivity contribution in [2.24, 2.45) is 0 Å². The summed E-state index contributed by atoms with van der Waals surface area (Å²) in [4.78, 5) is 16.5. The number of nitrogens with zero attached hydrogens (tertiary/aromatic N) is 1. The number of hydrogen-bond acceptors (Lipinski definition) is 5. The van der Waals surface area contributed by atoms with Crippen molar-refractivity contribution in [2.75, 3.05) is 11.0 Å². The normalized spacial score (nSPS) is 13.1. The highest BCUT2D eigenvalue weighted by Crippen LogP contribution is 2.23. The van der Waals surface area contributed by atoms with Gasteiger partial charge in [0, 0.05) is 6.04 Å². The quantitative estimate of drug-likeness (QED) is 0.838. The summed E-state index contributed by atoms with van der Waals surface area (Å²) < 4.78 is 24.5. The van der Waals surface area contributed by atoms with Gasteiger partial charge in [0.25, 0.3) is 5.91 Å². The molecule has 0 bridgehead atoms. The minimum absolute atomic E-state index is 0.0883. The monoisotopic (exact) mass is 305 g/mol. The minimum Gasteiger partial charge on any atom is -0.349 e. The van der Waals surface area contributed by atoms with Crippen LogP contribution in [0.25, 0.3) is 0 Å². The summed E-state index contributed by atoms with van der Waals surface area (Å²) in [5, 5.41) is 3.08. The van der Waals surface area contributed by atoms with Crippen LogP contribution in [0.2, 0.25) is 0 Å². The van der Waals surface area contributed by atoms with Gasteiger partial charge in [0.1, 0.15) is 4.88 Å². The molecule has 108 valence electrons. The Hall–Kier alpha value is -1.15. The van der Waals surface area contributed by atoms with E-state index in [-0.39, 0.29) is 17.1 Å². The number of anilines is 1. The summed E-state index contributed by atoms with van der Waals surface area (Å²) in [5.41, 5.74) is 0.525. The molecule has 19 heavy (non-hydrogen) atoms. The molecule has 0 aliphatic rings. The standard InChI is InChI=1S/C11H19N3O3S2/c1-5-6-7(2)12-10(15)9-8(3)13-11(18-9)14-19(4,16)17/h7H,5-6H2,1-4H3,(H,12,15)(H,13,14)/t7-/m1/s1. The maximum absolute atomic E-state index is 12.0. The summed E-state index contributed by atoms with van der Waals surface area (Å²) in [6, 6.07) is 0.0883. The highest BCUT2D eigenvalue weighted by atomic mass is 32.2. The van der Waals surface area contributed by atoms with E-state index < -0.39 is 10.0 Å². The molecule has 1 heterocycles. The van der Waals surface area contributed by atoms with Crippen LogP contribution in [-0.2, 0) is 10.0 Å². The Morgan fingerprint density at radius 2 is 2.11 bits per heavy atom. The first-order chi connectivity index (χ1) is 8.73. The second-order valence-corrected chi connectivity index (χ2v) is 7.22. The Morgan fingerprint density at radius 1 is 1.47 bits per heavy atom. The zero-order valence-electron chi connectivity index (χ0n) is 11.5. The Morgan fingerprint density at radius 3 is 2.63 bits per heavy atom. The van der Waals surface area contributed by atoms with Crippen molar-refractivity contribution in [2.45, 2.75) is 39.7 Å². The Kier molecular flexibility index (Phi) is 5.30. The molecule has 0 unspecified atom stereocenters. The summed E-state index contributed by atoms with van der Waals surface area (Å²) in [5.74, 6) is -0.211. The van der Waals surface area contributed by atoms with Crippen molar-refractivity contribution < 1.29 is 13.2 Å². The molecule has 1 rings (SSSR count). The molecule has 0 spiro atoms. The summed E-state index contributed by atoms with van der Waals surface area (Å²) in [7, 11) is -3.37. The summed E-state index contributed by atoms with van der Waals surface area (Å²) in [6.45, 7) is 5.67. The zero-order valence-corrected chi connectivity index (χ0v) is 13.1. The van der Waals surface area contributed by atoms with Gasteiger partial charge in [-0.1, -0.05) is 24.7 Å². The van der Waals surface area contributed by atoms with E-state index in [0.29, 0.717) is 10.6 Å². The third-order valence-electron chi connectivity index (χ3n) is 2.37. The van der Waals surface area contributed by atoms with Gasteiger partial charge in [-0.25, -0.2) is 13.4 Å². The predicted octanol–water partition coefficient (Wildman–Crippen LogP) is 1.74. The topological polar surface area (TPSA) is 88.2 Å². The lowest BCUT2D eigenvalue weighted by molar-refractivity contribution is 0.0941. The highest BCUT2D eigenvalue weighted by Gasteiger charge is 2.18. The van der Waals surface area contributed by atoms with Crippen LogP contribution in [0.15, 0.2) is 0 Å². The molecule has 6 nitrogen and oxygen atoms in total. The summed E-state index contributed by atoms with van der Waals surface area (Å²) in [6.07, 6.45) is 2.94. The molecule has 0 aromatic carbocycles. The number of rotatable bonds is 6. The van der Waals surface area contributed by atoms with E-state index in [1.165, 1.54) is 0 Å². The summed E-state index contributed by atoms with van der Waals surface area (Å²) >= 11 is 1.04. The van der Waals surface area contributed by atoms with Gasteiger partial charge >= 0.3 is 0 Å². The third-order valence-corrected chi connectivity index (χ3v) is 4.14. The predicted molar refractivity (Wildman–Crippen MR) is 77.2 cm³/mol. The lowest BCUT2D eigenvalue weighted by Gasteiger charge is -2.11. The first kappa shape index (κ1) is 15.9. The van der Waals surface area contributed by atoms with Crippen molar-refractivity contribution in [1.29, 1.82) is 0 Å². The van der Waals surface area contributed by atoms with E-state index in [2.05, 4.69) is 21.9 Å². The smallest absolute Gasteiger partial charge is 0.263 e. The number of thiazole rings is 1. The van der Waals surface area contributed by atoms with Crippen LogP contribution in [0, 0.1) is 6.92 Å². The number of sulfonamides is 1. The lowest BCUT2D eigenvalue weighted by Crippen LogP contribution is -2.32. The maximum Gasteiger partial charge on any atom is 0.263 e. The molecule has 1 aromatic rings. The largest absolute Gasteiger partial charge is 0.349 e. The second kappa shape index (κ2) is 6.33. The SMILES string of the molecule is CCC[C@@H](C)NC(=O)c1sc(NS(C)(=O)=O)nc1C. The van der Waals surface area contributed by atoms with Crippen LogP contribution >= 0.6 is 11.3 Å². The van der Waals surface area contributed by atoms with E-state index in [1.807, 2.05) is 6.92 Å². The van der Waals surface area contributed by atoms with Gasteiger partial charge in [0.05, 0.1) is 11.9 Å². The van der Waals surface area contributed by atoms with Gasteiger partial charge in [-0.15, -0.1) is 0 Å². The van der Waals surface area contributed by atoms with Crippen LogP contribution in [0.5, 0.6) is 0 Å². The fourth-order valence-corrected chi connectivity index (χ4v) is 3.31. The van der Waals surface area contributed by atoms with E-state index in [1.54, 1.807) is 6.92 Å². The maximum atomic E-state index is 12.0. The Bertz CT molecular complexity index is 552. The van der Waals surface area contributed by atoms with Gasteiger partial charge in [-0.3, -0.25) is 9.52 Å².